The number of hydrogen-bond acceptors (Lipinski definition) is 4. The zero-order valence-electron chi connectivity index (χ0n) is 14.9. The molecule has 26 heavy (non-hydrogen) atoms. The molecule has 5 nitrogen and oxygen atoms in total. The molecule has 1 aliphatic rings. The first kappa shape index (κ1) is 18.4. The Morgan fingerprint density at radius 3 is 2.54 bits per heavy atom. The molecule has 3 N–H and O–H groups in total. The van der Waals surface area contributed by atoms with Crippen LogP contribution in [0.2, 0.25) is 0 Å². The van der Waals surface area contributed by atoms with Gasteiger partial charge >= 0.3 is 0 Å². The van der Waals surface area contributed by atoms with Gasteiger partial charge in [-0.25, -0.2) is 0 Å². The number of nitrogens with one attached hydrogen (secondary N) is 2. The molecule has 1 fully saturated rings. The second kappa shape index (κ2) is 8.83. The number of para-hydroxylation sites is 1. The summed E-state index contributed by atoms with van der Waals surface area (Å²) < 4.78 is 5.64. The normalized spacial score (nSPS) is 22.6. The lowest BCUT2D eigenvalue weighted by atomic mass is 9.79. The maximum Gasteiger partial charge on any atom is 0.220 e. The predicted octanol–water partition coefficient (Wildman–Crippen LogP) is 2.21. The molecular formula is C21H26N2O3. The van der Waals surface area contributed by atoms with E-state index < -0.39 is 11.6 Å². The first-order valence-corrected chi connectivity index (χ1v) is 9.14. The Morgan fingerprint density at radius 1 is 1.15 bits per heavy atom. The number of amides is 1. The van der Waals surface area contributed by atoms with Crippen molar-refractivity contribution in [3.63, 3.8) is 0 Å². The van der Waals surface area contributed by atoms with E-state index in [-0.39, 0.29) is 5.91 Å². The van der Waals surface area contributed by atoms with Crippen molar-refractivity contribution in [3.8, 4) is 5.75 Å². The van der Waals surface area contributed by atoms with Crippen LogP contribution >= 0.6 is 0 Å². The minimum absolute atomic E-state index is 0.0635. The smallest absolute Gasteiger partial charge is 0.220 e. The Kier molecular flexibility index (Phi) is 6.26. The van der Waals surface area contributed by atoms with Gasteiger partial charge in [-0.15, -0.1) is 0 Å². The van der Waals surface area contributed by atoms with Crippen LogP contribution in [0.3, 0.4) is 0 Å². The van der Waals surface area contributed by atoms with Crippen molar-refractivity contribution >= 4 is 5.91 Å². The first-order chi connectivity index (χ1) is 12.7. The van der Waals surface area contributed by atoms with Crippen LogP contribution in [-0.4, -0.2) is 36.8 Å². The lowest BCUT2D eigenvalue weighted by molar-refractivity contribution is -0.126. The number of β-amino-alcohol motifs (C(OH)–C–C–N with tert-alkyl or cyclic N) is 1. The van der Waals surface area contributed by atoms with Crippen molar-refractivity contribution in [3.05, 3.63) is 66.2 Å². The van der Waals surface area contributed by atoms with Gasteiger partial charge < -0.3 is 20.5 Å². The fraction of sp³-hybridized carbons (Fsp3) is 0.381. The fourth-order valence-electron chi connectivity index (χ4n) is 3.41. The Balaban J connectivity index is 1.57. The van der Waals surface area contributed by atoms with Crippen molar-refractivity contribution in [1.82, 2.24) is 10.6 Å². The molecule has 1 amide bonds. The van der Waals surface area contributed by atoms with E-state index in [9.17, 15) is 9.90 Å². The highest BCUT2D eigenvalue weighted by molar-refractivity contribution is 5.77. The van der Waals surface area contributed by atoms with Crippen LogP contribution in [0.4, 0.5) is 0 Å². The summed E-state index contributed by atoms with van der Waals surface area (Å²) in [5, 5.41) is 16.9. The van der Waals surface area contributed by atoms with Crippen molar-refractivity contribution in [2.75, 3.05) is 19.7 Å². The van der Waals surface area contributed by atoms with Crippen LogP contribution in [-0.2, 0) is 10.3 Å². The van der Waals surface area contributed by atoms with E-state index >= 15 is 0 Å². The van der Waals surface area contributed by atoms with E-state index in [1.54, 1.807) is 0 Å². The van der Waals surface area contributed by atoms with Crippen LogP contribution in [0.1, 0.15) is 24.8 Å². The summed E-state index contributed by atoms with van der Waals surface area (Å²) in [4.78, 5) is 12.5. The zero-order chi connectivity index (χ0) is 18.2. The summed E-state index contributed by atoms with van der Waals surface area (Å²) >= 11 is 0. The van der Waals surface area contributed by atoms with Gasteiger partial charge in [-0.1, -0.05) is 48.5 Å². The minimum atomic E-state index is -0.732. The van der Waals surface area contributed by atoms with E-state index in [0.717, 1.165) is 17.9 Å². The van der Waals surface area contributed by atoms with Gasteiger partial charge in [0.25, 0.3) is 0 Å². The van der Waals surface area contributed by atoms with E-state index in [2.05, 4.69) is 10.6 Å². The van der Waals surface area contributed by atoms with Gasteiger partial charge in [-0.3, -0.25) is 4.79 Å². The molecule has 2 atom stereocenters. The highest BCUT2D eigenvalue weighted by Gasteiger charge is 2.42. The molecule has 0 spiro atoms. The fourth-order valence-corrected chi connectivity index (χ4v) is 3.41. The summed E-state index contributed by atoms with van der Waals surface area (Å²) in [6.45, 7) is 1.70. The predicted molar refractivity (Wildman–Crippen MR) is 101 cm³/mol. The summed E-state index contributed by atoms with van der Waals surface area (Å²) in [5.41, 5.74) is 0.215. The average molecular weight is 354 g/mol. The molecule has 0 aliphatic carbocycles. The maximum absolute atomic E-state index is 12.5. The number of aliphatic hydroxyl groups is 1. The van der Waals surface area contributed by atoms with Crippen molar-refractivity contribution in [2.45, 2.75) is 30.9 Å². The van der Waals surface area contributed by atoms with E-state index in [0.29, 0.717) is 32.4 Å². The van der Waals surface area contributed by atoms with E-state index in [1.165, 1.54) is 0 Å². The highest BCUT2D eigenvalue weighted by atomic mass is 16.5. The molecule has 1 heterocycles. The molecule has 138 valence electrons. The average Bonchev–Trinajstić information content (AvgIpc) is 2.69. The third-order valence-electron chi connectivity index (χ3n) is 4.81. The Labute approximate surface area is 154 Å². The number of carbonyl (C=O) groups excluding carboxylic acids is 1. The van der Waals surface area contributed by atoms with Gasteiger partial charge in [0.05, 0.1) is 18.2 Å². The van der Waals surface area contributed by atoms with E-state index in [1.807, 2.05) is 60.7 Å². The van der Waals surface area contributed by atoms with Crippen LogP contribution in [0, 0.1) is 0 Å². The monoisotopic (exact) mass is 354 g/mol. The molecule has 0 radical (unpaired) electrons. The SMILES string of the molecule is O=C(CCCOc1ccccc1)N[C@@]1(c2ccccc2)CCNC[C@H]1O. The van der Waals surface area contributed by atoms with E-state index in [4.69, 9.17) is 4.74 Å². The molecule has 0 aromatic heterocycles. The summed E-state index contributed by atoms with van der Waals surface area (Å²) in [6, 6.07) is 19.3. The molecule has 1 aliphatic heterocycles. The lowest BCUT2D eigenvalue weighted by Crippen LogP contribution is -2.61. The van der Waals surface area contributed by atoms with Gasteiger partial charge in [0.2, 0.25) is 5.91 Å². The number of aliphatic hydroxyl groups excluding tert-OH is 1. The summed E-state index contributed by atoms with van der Waals surface area (Å²) in [6.07, 6.45) is 0.981. The third-order valence-corrected chi connectivity index (χ3v) is 4.81. The molecule has 0 bridgehead atoms. The molecule has 1 saturated heterocycles. The van der Waals surface area contributed by atoms with Crippen molar-refractivity contribution in [2.24, 2.45) is 0 Å². The quantitative estimate of drug-likeness (QED) is 0.667. The topological polar surface area (TPSA) is 70.6 Å². The van der Waals surface area contributed by atoms with Gasteiger partial charge in [0.1, 0.15) is 5.75 Å². The van der Waals surface area contributed by atoms with Gasteiger partial charge in [0.15, 0.2) is 0 Å². The lowest BCUT2D eigenvalue weighted by Gasteiger charge is -2.43. The number of hydrogen-bond donors (Lipinski definition) is 3. The van der Waals surface area contributed by atoms with Crippen LogP contribution in [0.15, 0.2) is 60.7 Å². The van der Waals surface area contributed by atoms with Crippen molar-refractivity contribution in [1.29, 1.82) is 0 Å². The van der Waals surface area contributed by atoms with Gasteiger partial charge in [0, 0.05) is 13.0 Å². The molecule has 5 heteroatoms. The third kappa shape index (κ3) is 4.42. The zero-order valence-corrected chi connectivity index (χ0v) is 14.9. The second-order valence-electron chi connectivity index (χ2n) is 6.62. The van der Waals surface area contributed by atoms with Crippen LogP contribution < -0.4 is 15.4 Å². The minimum Gasteiger partial charge on any atom is -0.494 e. The van der Waals surface area contributed by atoms with Crippen molar-refractivity contribution < 1.29 is 14.6 Å². The molecule has 2 aromatic rings. The van der Waals surface area contributed by atoms with Crippen LogP contribution in [0.25, 0.3) is 0 Å². The Bertz CT molecular complexity index is 693. The highest BCUT2D eigenvalue weighted by Crippen LogP contribution is 2.31. The number of carbonyl (C=O) groups is 1. The number of ether oxygens (including phenoxy) is 1. The first-order valence-electron chi connectivity index (χ1n) is 9.14. The molecular weight excluding hydrogens is 328 g/mol. The number of piperidine rings is 1. The Hall–Kier alpha value is -2.37. The maximum atomic E-state index is 12.5. The molecule has 2 aromatic carbocycles. The molecule has 0 saturated carbocycles. The number of rotatable bonds is 7. The molecule has 0 unspecified atom stereocenters. The van der Waals surface area contributed by atoms with Gasteiger partial charge in [-0.2, -0.15) is 0 Å². The number of benzene rings is 2. The summed E-state index contributed by atoms with van der Waals surface area (Å²) in [7, 11) is 0. The molecule has 3 rings (SSSR count). The second-order valence-corrected chi connectivity index (χ2v) is 6.62. The van der Waals surface area contributed by atoms with Crippen LogP contribution in [0.5, 0.6) is 5.75 Å². The van der Waals surface area contributed by atoms with Gasteiger partial charge in [-0.05, 0) is 37.1 Å². The largest absolute Gasteiger partial charge is 0.494 e. The summed E-state index contributed by atoms with van der Waals surface area (Å²) in [5.74, 6) is 0.744. The Morgan fingerprint density at radius 2 is 1.85 bits per heavy atom. The standard InChI is InChI=1S/C21H26N2O3/c24-19-16-22-14-13-21(19,17-8-3-1-4-9-17)23-20(25)12-7-15-26-18-10-5-2-6-11-18/h1-6,8-11,19,22,24H,7,12-16H2,(H,23,25)/t19-,21-/m1/s1.